The molecule has 0 aliphatic carbocycles. The Morgan fingerprint density at radius 1 is 1.17 bits per heavy atom. The second-order valence-corrected chi connectivity index (χ2v) is 7.96. The van der Waals surface area contributed by atoms with Gasteiger partial charge < -0.3 is 14.5 Å². The SMILES string of the molecule is Cc1nc2c(c(N3C[C@H](C)O[C@@H](C)C3)n1)CN(C(=O)c1ccc([N+](=O)[O-])cc1)CC2. The molecule has 1 aromatic carbocycles. The molecule has 1 fully saturated rings. The number of ether oxygens (including phenoxy) is 1. The molecule has 0 bridgehead atoms. The van der Waals surface area contributed by atoms with Crippen molar-refractivity contribution >= 4 is 17.4 Å². The molecule has 2 atom stereocenters. The third-order valence-corrected chi connectivity index (χ3v) is 5.48. The zero-order valence-corrected chi connectivity index (χ0v) is 17.4. The standard InChI is InChI=1S/C21H25N5O4/c1-13-10-25(11-14(2)30-13)20-18-12-24(9-8-19(18)22-15(3)23-20)21(27)16-4-6-17(7-5-16)26(28)29/h4-7,13-14H,8-12H2,1-3H3/t13-,14-/m0/s1. The largest absolute Gasteiger partial charge is 0.372 e. The highest BCUT2D eigenvalue weighted by Crippen LogP contribution is 2.29. The number of rotatable bonds is 3. The van der Waals surface area contributed by atoms with Crippen molar-refractivity contribution in [3.8, 4) is 0 Å². The highest BCUT2D eigenvalue weighted by Gasteiger charge is 2.31. The first-order valence-electron chi connectivity index (χ1n) is 10.1. The number of nitro groups is 1. The lowest BCUT2D eigenvalue weighted by Crippen LogP contribution is -2.47. The lowest BCUT2D eigenvalue weighted by Gasteiger charge is -2.38. The number of aromatic nitrogens is 2. The Morgan fingerprint density at radius 3 is 2.47 bits per heavy atom. The van der Waals surface area contributed by atoms with E-state index >= 15 is 0 Å². The van der Waals surface area contributed by atoms with E-state index < -0.39 is 4.92 Å². The van der Waals surface area contributed by atoms with Crippen molar-refractivity contribution in [2.75, 3.05) is 24.5 Å². The van der Waals surface area contributed by atoms with Gasteiger partial charge in [0.2, 0.25) is 0 Å². The molecule has 2 aliphatic rings. The van der Waals surface area contributed by atoms with Gasteiger partial charge in [0.15, 0.2) is 0 Å². The van der Waals surface area contributed by atoms with E-state index in [1.54, 1.807) is 4.90 Å². The first-order chi connectivity index (χ1) is 14.3. The van der Waals surface area contributed by atoms with Gasteiger partial charge in [0.25, 0.3) is 11.6 Å². The molecule has 30 heavy (non-hydrogen) atoms. The second-order valence-electron chi connectivity index (χ2n) is 7.96. The fraction of sp³-hybridized carbons (Fsp3) is 0.476. The minimum atomic E-state index is -0.471. The van der Waals surface area contributed by atoms with E-state index in [4.69, 9.17) is 9.72 Å². The minimum Gasteiger partial charge on any atom is -0.372 e. The van der Waals surface area contributed by atoms with Crippen molar-refractivity contribution in [3.05, 3.63) is 57.0 Å². The van der Waals surface area contributed by atoms with Gasteiger partial charge in [0.05, 0.1) is 29.4 Å². The van der Waals surface area contributed by atoms with Crippen molar-refractivity contribution < 1.29 is 14.5 Å². The van der Waals surface area contributed by atoms with Crippen LogP contribution in [0.1, 0.15) is 41.3 Å². The van der Waals surface area contributed by atoms with Crippen LogP contribution in [0.4, 0.5) is 11.5 Å². The van der Waals surface area contributed by atoms with Gasteiger partial charge >= 0.3 is 0 Å². The normalized spacial score (nSPS) is 21.3. The lowest BCUT2D eigenvalue weighted by atomic mass is 10.0. The maximum absolute atomic E-state index is 13.0. The highest BCUT2D eigenvalue weighted by atomic mass is 16.6. The van der Waals surface area contributed by atoms with Crippen LogP contribution in [-0.4, -0.2) is 57.5 Å². The summed E-state index contributed by atoms with van der Waals surface area (Å²) in [5.41, 5.74) is 2.37. The number of morpholine rings is 1. The van der Waals surface area contributed by atoms with Crippen LogP contribution >= 0.6 is 0 Å². The molecule has 1 aromatic heterocycles. The molecule has 3 heterocycles. The number of carbonyl (C=O) groups excluding carboxylic acids is 1. The molecule has 158 valence electrons. The Labute approximate surface area is 174 Å². The quantitative estimate of drug-likeness (QED) is 0.565. The highest BCUT2D eigenvalue weighted by molar-refractivity contribution is 5.94. The van der Waals surface area contributed by atoms with E-state index in [9.17, 15) is 14.9 Å². The van der Waals surface area contributed by atoms with E-state index in [-0.39, 0.29) is 23.8 Å². The van der Waals surface area contributed by atoms with Crippen LogP contribution < -0.4 is 4.90 Å². The van der Waals surface area contributed by atoms with Crippen molar-refractivity contribution in [3.63, 3.8) is 0 Å². The van der Waals surface area contributed by atoms with Crippen LogP contribution in [0.25, 0.3) is 0 Å². The van der Waals surface area contributed by atoms with Crippen LogP contribution in [0, 0.1) is 17.0 Å². The predicted molar refractivity (Wildman–Crippen MR) is 111 cm³/mol. The molecule has 0 unspecified atom stereocenters. The summed E-state index contributed by atoms with van der Waals surface area (Å²) < 4.78 is 5.86. The molecule has 1 amide bonds. The Hall–Kier alpha value is -3.07. The van der Waals surface area contributed by atoms with Crippen LogP contribution in [0.15, 0.2) is 24.3 Å². The average molecular weight is 411 g/mol. The molecule has 2 aliphatic heterocycles. The molecule has 0 saturated carbocycles. The summed E-state index contributed by atoms with van der Waals surface area (Å²) in [5, 5.41) is 10.9. The Kier molecular flexibility index (Phi) is 5.38. The van der Waals surface area contributed by atoms with Crippen molar-refractivity contribution in [2.45, 2.75) is 45.9 Å². The molecule has 9 nitrogen and oxygen atoms in total. The van der Waals surface area contributed by atoms with Crippen LogP contribution in [0.2, 0.25) is 0 Å². The van der Waals surface area contributed by atoms with Gasteiger partial charge in [-0.1, -0.05) is 0 Å². The van der Waals surface area contributed by atoms with Gasteiger partial charge in [0, 0.05) is 49.3 Å². The molecule has 2 aromatic rings. The lowest BCUT2D eigenvalue weighted by molar-refractivity contribution is -0.384. The number of hydrogen-bond donors (Lipinski definition) is 0. The molecule has 4 rings (SSSR count). The minimum absolute atomic E-state index is 0.0303. The number of fused-ring (bicyclic) bond motifs is 1. The molecule has 0 spiro atoms. The van der Waals surface area contributed by atoms with Crippen molar-refractivity contribution in [1.29, 1.82) is 0 Å². The summed E-state index contributed by atoms with van der Waals surface area (Å²) in [6, 6.07) is 5.74. The van der Waals surface area contributed by atoms with Gasteiger partial charge in [-0.2, -0.15) is 0 Å². The van der Waals surface area contributed by atoms with Crippen LogP contribution in [-0.2, 0) is 17.7 Å². The summed E-state index contributed by atoms with van der Waals surface area (Å²) in [4.78, 5) is 36.8. The van der Waals surface area contributed by atoms with E-state index in [2.05, 4.69) is 9.88 Å². The number of anilines is 1. The Balaban J connectivity index is 1.61. The topological polar surface area (TPSA) is 102 Å². The van der Waals surface area contributed by atoms with Gasteiger partial charge in [-0.05, 0) is 32.9 Å². The number of hydrogen-bond acceptors (Lipinski definition) is 7. The van der Waals surface area contributed by atoms with Crippen LogP contribution in [0.3, 0.4) is 0 Å². The van der Waals surface area contributed by atoms with E-state index in [0.29, 0.717) is 25.1 Å². The van der Waals surface area contributed by atoms with Crippen LogP contribution in [0.5, 0.6) is 0 Å². The molecule has 0 N–H and O–H groups in total. The number of carbonyl (C=O) groups is 1. The van der Waals surface area contributed by atoms with Gasteiger partial charge in [-0.25, -0.2) is 9.97 Å². The summed E-state index contributed by atoms with van der Waals surface area (Å²) in [6.07, 6.45) is 0.849. The number of nitrogens with zero attached hydrogens (tertiary/aromatic N) is 5. The fourth-order valence-electron chi connectivity index (χ4n) is 4.21. The van der Waals surface area contributed by atoms with Gasteiger partial charge in [0.1, 0.15) is 11.6 Å². The molecule has 9 heteroatoms. The molecular weight excluding hydrogens is 386 g/mol. The number of amides is 1. The van der Waals surface area contributed by atoms with Crippen molar-refractivity contribution in [2.24, 2.45) is 0 Å². The molecule has 0 radical (unpaired) electrons. The fourth-order valence-corrected chi connectivity index (χ4v) is 4.21. The number of aryl methyl sites for hydroxylation is 1. The average Bonchev–Trinajstić information content (AvgIpc) is 2.71. The van der Waals surface area contributed by atoms with E-state index in [0.717, 1.165) is 36.0 Å². The van der Waals surface area contributed by atoms with Gasteiger partial charge in [-0.15, -0.1) is 0 Å². The summed E-state index contributed by atoms with van der Waals surface area (Å²) in [5.74, 6) is 1.46. The number of non-ortho nitro benzene ring substituents is 1. The Bertz CT molecular complexity index is 968. The van der Waals surface area contributed by atoms with E-state index in [1.165, 1.54) is 24.3 Å². The summed E-state index contributed by atoms with van der Waals surface area (Å²) in [7, 11) is 0. The van der Waals surface area contributed by atoms with Crippen molar-refractivity contribution in [1.82, 2.24) is 14.9 Å². The smallest absolute Gasteiger partial charge is 0.269 e. The zero-order chi connectivity index (χ0) is 21.4. The zero-order valence-electron chi connectivity index (χ0n) is 17.4. The van der Waals surface area contributed by atoms with Gasteiger partial charge in [-0.3, -0.25) is 14.9 Å². The van der Waals surface area contributed by atoms with E-state index in [1.807, 2.05) is 20.8 Å². The maximum Gasteiger partial charge on any atom is 0.269 e. The Morgan fingerprint density at radius 2 is 1.83 bits per heavy atom. The second kappa shape index (κ2) is 7.98. The number of nitro benzene ring substituents is 1. The first kappa shape index (κ1) is 20.2. The third kappa shape index (κ3) is 3.97. The third-order valence-electron chi connectivity index (χ3n) is 5.48. The summed E-state index contributed by atoms with van der Waals surface area (Å²) in [6.45, 7) is 8.44. The first-order valence-corrected chi connectivity index (χ1v) is 10.1. The predicted octanol–water partition coefficient (Wildman–Crippen LogP) is 2.51. The molecular formula is C21H25N5O4. The molecule has 1 saturated heterocycles. The monoisotopic (exact) mass is 411 g/mol. The summed E-state index contributed by atoms with van der Waals surface area (Å²) >= 11 is 0. The maximum atomic E-state index is 13.0. The number of benzene rings is 1.